The van der Waals surface area contributed by atoms with Gasteiger partial charge in [0.15, 0.2) is 15.8 Å². The van der Waals surface area contributed by atoms with Gasteiger partial charge in [-0.2, -0.15) is 0 Å². The maximum absolute atomic E-state index is 11.4. The van der Waals surface area contributed by atoms with Crippen LogP contribution in [0.15, 0.2) is 34.2 Å². The first kappa shape index (κ1) is 18.3. The van der Waals surface area contributed by atoms with Crippen molar-refractivity contribution in [3.8, 4) is 5.75 Å². The first-order valence-corrected chi connectivity index (χ1v) is 9.31. The number of benzene rings is 1. The van der Waals surface area contributed by atoms with Crippen molar-refractivity contribution in [2.24, 2.45) is 4.99 Å². The molecule has 1 aromatic rings. The van der Waals surface area contributed by atoms with Crippen molar-refractivity contribution in [1.29, 1.82) is 0 Å². The van der Waals surface area contributed by atoms with Crippen molar-refractivity contribution >= 4 is 15.8 Å². The molecule has 0 saturated carbocycles. The first-order chi connectivity index (χ1) is 10.5. The number of rotatable bonds is 8. The molecule has 0 atom stereocenters. The number of aliphatic imine (C=N–C) groups is 1. The van der Waals surface area contributed by atoms with Crippen LogP contribution in [-0.2, 0) is 9.84 Å². The fraction of sp³-hybridized carbons (Fsp3) is 0.533. The van der Waals surface area contributed by atoms with Crippen LogP contribution in [0.5, 0.6) is 5.75 Å². The topological polar surface area (TPSA) is 79.8 Å². The van der Waals surface area contributed by atoms with Gasteiger partial charge in [-0.05, 0) is 37.6 Å². The molecule has 0 aliphatic carbocycles. The van der Waals surface area contributed by atoms with E-state index in [0.717, 1.165) is 25.5 Å². The maximum atomic E-state index is 11.4. The van der Waals surface area contributed by atoms with Gasteiger partial charge < -0.3 is 15.4 Å². The highest BCUT2D eigenvalue weighted by molar-refractivity contribution is 7.90. The summed E-state index contributed by atoms with van der Waals surface area (Å²) in [5.74, 6) is 1.42. The van der Waals surface area contributed by atoms with Crippen LogP contribution in [0.1, 0.15) is 20.3 Å². The Hall–Kier alpha value is -1.76. The molecule has 0 fully saturated rings. The van der Waals surface area contributed by atoms with Crippen LogP contribution in [0.3, 0.4) is 0 Å². The SMILES string of the molecule is CCCN=C(NCC)NCCOc1ccc(S(C)(=O)=O)cc1. The molecule has 0 heterocycles. The summed E-state index contributed by atoms with van der Waals surface area (Å²) in [5, 5.41) is 6.34. The summed E-state index contributed by atoms with van der Waals surface area (Å²) < 4.78 is 28.3. The molecule has 0 amide bonds. The van der Waals surface area contributed by atoms with Gasteiger partial charge in [-0.25, -0.2) is 8.42 Å². The molecule has 6 nitrogen and oxygen atoms in total. The Morgan fingerprint density at radius 2 is 1.86 bits per heavy atom. The lowest BCUT2D eigenvalue weighted by Crippen LogP contribution is -2.39. The van der Waals surface area contributed by atoms with Crippen molar-refractivity contribution < 1.29 is 13.2 Å². The minimum Gasteiger partial charge on any atom is -0.492 e. The number of ether oxygens (including phenoxy) is 1. The van der Waals surface area contributed by atoms with Crippen LogP contribution in [0.2, 0.25) is 0 Å². The smallest absolute Gasteiger partial charge is 0.191 e. The fourth-order valence-electron chi connectivity index (χ4n) is 1.69. The highest BCUT2D eigenvalue weighted by Gasteiger charge is 2.06. The Balaban J connectivity index is 2.40. The van der Waals surface area contributed by atoms with Crippen LogP contribution in [0.4, 0.5) is 0 Å². The number of guanidine groups is 1. The Bertz CT molecular complexity index is 568. The second-order valence-electron chi connectivity index (χ2n) is 4.78. The highest BCUT2D eigenvalue weighted by atomic mass is 32.2. The van der Waals surface area contributed by atoms with E-state index in [4.69, 9.17) is 4.74 Å². The third-order valence-corrected chi connectivity index (χ3v) is 3.88. The van der Waals surface area contributed by atoms with E-state index in [2.05, 4.69) is 22.5 Å². The standard InChI is InChI=1S/C15H25N3O3S/c1-4-10-17-15(16-5-2)18-11-12-21-13-6-8-14(9-7-13)22(3,19)20/h6-9H,4-5,10-12H2,1-3H3,(H2,16,17,18). The normalized spacial score (nSPS) is 12.0. The molecule has 0 aromatic heterocycles. The summed E-state index contributed by atoms with van der Waals surface area (Å²) in [6.45, 7) is 6.77. The monoisotopic (exact) mass is 327 g/mol. The molecule has 124 valence electrons. The molecule has 1 aromatic carbocycles. The van der Waals surface area contributed by atoms with Crippen LogP contribution < -0.4 is 15.4 Å². The average molecular weight is 327 g/mol. The van der Waals surface area contributed by atoms with Gasteiger partial charge in [-0.15, -0.1) is 0 Å². The third kappa shape index (κ3) is 6.80. The number of nitrogens with zero attached hydrogens (tertiary/aromatic N) is 1. The Labute approximate surface area is 132 Å². The second-order valence-corrected chi connectivity index (χ2v) is 6.80. The van der Waals surface area contributed by atoms with E-state index < -0.39 is 9.84 Å². The molecule has 0 aliphatic heterocycles. The third-order valence-electron chi connectivity index (χ3n) is 2.75. The van der Waals surface area contributed by atoms with Crippen molar-refractivity contribution in [1.82, 2.24) is 10.6 Å². The van der Waals surface area contributed by atoms with Gasteiger partial charge >= 0.3 is 0 Å². The van der Waals surface area contributed by atoms with E-state index in [0.29, 0.717) is 23.8 Å². The van der Waals surface area contributed by atoms with Crippen molar-refractivity contribution in [3.05, 3.63) is 24.3 Å². The fourth-order valence-corrected chi connectivity index (χ4v) is 2.32. The van der Waals surface area contributed by atoms with Gasteiger partial charge in [0.2, 0.25) is 0 Å². The molecule has 0 saturated heterocycles. The zero-order chi connectivity index (χ0) is 16.4. The summed E-state index contributed by atoms with van der Waals surface area (Å²) in [4.78, 5) is 4.68. The zero-order valence-corrected chi connectivity index (χ0v) is 14.2. The summed E-state index contributed by atoms with van der Waals surface area (Å²) in [5.41, 5.74) is 0. The molecule has 0 radical (unpaired) electrons. The second kappa shape index (κ2) is 9.30. The molecular formula is C15H25N3O3S. The quantitative estimate of drug-likeness (QED) is 0.429. The van der Waals surface area contributed by atoms with E-state index >= 15 is 0 Å². The summed E-state index contributed by atoms with van der Waals surface area (Å²) >= 11 is 0. The van der Waals surface area contributed by atoms with Gasteiger partial charge in [0.25, 0.3) is 0 Å². The Morgan fingerprint density at radius 1 is 1.18 bits per heavy atom. The van der Waals surface area contributed by atoms with Crippen LogP contribution >= 0.6 is 0 Å². The van der Waals surface area contributed by atoms with Crippen molar-refractivity contribution in [2.75, 3.05) is 32.5 Å². The number of hydrogen-bond donors (Lipinski definition) is 2. The number of hydrogen-bond acceptors (Lipinski definition) is 4. The predicted molar refractivity (Wildman–Crippen MR) is 89.3 cm³/mol. The Morgan fingerprint density at radius 3 is 2.41 bits per heavy atom. The van der Waals surface area contributed by atoms with Gasteiger partial charge in [-0.1, -0.05) is 6.92 Å². The molecular weight excluding hydrogens is 302 g/mol. The molecule has 22 heavy (non-hydrogen) atoms. The van der Waals surface area contributed by atoms with Crippen LogP contribution in [0, 0.1) is 0 Å². The first-order valence-electron chi connectivity index (χ1n) is 7.42. The van der Waals surface area contributed by atoms with Gasteiger partial charge in [-0.3, -0.25) is 4.99 Å². The van der Waals surface area contributed by atoms with E-state index in [-0.39, 0.29) is 0 Å². The lowest BCUT2D eigenvalue weighted by atomic mass is 10.3. The molecule has 1 rings (SSSR count). The number of nitrogens with one attached hydrogen (secondary N) is 2. The maximum Gasteiger partial charge on any atom is 0.191 e. The summed E-state index contributed by atoms with van der Waals surface area (Å²) in [7, 11) is -3.16. The molecule has 7 heteroatoms. The lowest BCUT2D eigenvalue weighted by Gasteiger charge is -2.12. The summed E-state index contributed by atoms with van der Waals surface area (Å²) in [6.07, 6.45) is 2.18. The van der Waals surface area contributed by atoms with Gasteiger partial charge in [0.05, 0.1) is 11.4 Å². The van der Waals surface area contributed by atoms with Crippen LogP contribution in [-0.4, -0.2) is 46.9 Å². The molecule has 0 aliphatic rings. The molecule has 0 spiro atoms. The van der Waals surface area contributed by atoms with Gasteiger partial charge in [0, 0.05) is 19.3 Å². The van der Waals surface area contributed by atoms with E-state index in [9.17, 15) is 8.42 Å². The minimum atomic E-state index is -3.16. The van der Waals surface area contributed by atoms with E-state index in [1.54, 1.807) is 24.3 Å². The highest BCUT2D eigenvalue weighted by Crippen LogP contribution is 2.15. The van der Waals surface area contributed by atoms with Gasteiger partial charge in [0.1, 0.15) is 12.4 Å². The zero-order valence-electron chi connectivity index (χ0n) is 13.4. The molecule has 0 bridgehead atoms. The molecule has 2 N–H and O–H groups in total. The minimum absolute atomic E-state index is 0.291. The van der Waals surface area contributed by atoms with E-state index in [1.807, 2.05) is 6.92 Å². The van der Waals surface area contributed by atoms with E-state index in [1.165, 1.54) is 6.26 Å². The van der Waals surface area contributed by atoms with Crippen molar-refractivity contribution in [2.45, 2.75) is 25.2 Å². The Kier molecular flexibility index (Phi) is 7.73. The summed E-state index contributed by atoms with van der Waals surface area (Å²) in [6, 6.07) is 6.41. The van der Waals surface area contributed by atoms with Crippen molar-refractivity contribution in [3.63, 3.8) is 0 Å². The lowest BCUT2D eigenvalue weighted by molar-refractivity contribution is 0.321. The van der Waals surface area contributed by atoms with Crippen LogP contribution in [0.25, 0.3) is 0 Å². The predicted octanol–water partition coefficient (Wildman–Crippen LogP) is 1.43. The molecule has 0 unspecified atom stereocenters. The number of sulfone groups is 1. The average Bonchev–Trinajstić information content (AvgIpc) is 2.48. The largest absolute Gasteiger partial charge is 0.492 e.